The van der Waals surface area contributed by atoms with Crippen LogP contribution in [0.1, 0.15) is 27.3 Å². The highest BCUT2D eigenvalue weighted by atomic mass is 16.5. The molecular formula is C25H21N5O3. The average Bonchev–Trinajstić information content (AvgIpc) is 3.24. The summed E-state index contributed by atoms with van der Waals surface area (Å²) in [4.78, 5) is 21.0. The molecule has 0 atom stereocenters. The summed E-state index contributed by atoms with van der Waals surface area (Å²) in [7, 11) is 1.90. The zero-order chi connectivity index (χ0) is 23.2. The SMILES string of the molecule is Cc1cc(Oc2ncccc2C#N)ccc1NC(=O)c1ccc(OCc2nccn2C)cc1. The molecule has 0 saturated carbocycles. The van der Waals surface area contributed by atoms with Gasteiger partial charge in [-0.15, -0.1) is 0 Å². The first-order valence-electron chi connectivity index (χ1n) is 10.2. The van der Waals surface area contributed by atoms with Crippen LogP contribution in [-0.2, 0) is 13.7 Å². The third-order valence-corrected chi connectivity index (χ3v) is 4.96. The molecule has 1 N–H and O–H groups in total. The lowest BCUT2D eigenvalue weighted by molar-refractivity contribution is 0.102. The van der Waals surface area contributed by atoms with Crippen molar-refractivity contribution in [1.29, 1.82) is 5.26 Å². The number of anilines is 1. The number of amides is 1. The van der Waals surface area contributed by atoms with Crippen molar-refractivity contribution in [2.45, 2.75) is 13.5 Å². The van der Waals surface area contributed by atoms with E-state index in [4.69, 9.17) is 9.47 Å². The Hall–Kier alpha value is -4.64. The van der Waals surface area contributed by atoms with E-state index >= 15 is 0 Å². The first-order chi connectivity index (χ1) is 16.0. The van der Waals surface area contributed by atoms with E-state index in [9.17, 15) is 10.1 Å². The molecule has 2 aromatic carbocycles. The Morgan fingerprint density at radius 2 is 1.88 bits per heavy atom. The zero-order valence-electron chi connectivity index (χ0n) is 18.1. The molecule has 0 bridgehead atoms. The second-order valence-corrected chi connectivity index (χ2v) is 7.27. The van der Waals surface area contributed by atoms with Crippen molar-refractivity contribution in [3.05, 3.63) is 95.7 Å². The molecule has 8 nitrogen and oxygen atoms in total. The summed E-state index contributed by atoms with van der Waals surface area (Å²) in [5.41, 5.74) is 2.32. The molecule has 33 heavy (non-hydrogen) atoms. The van der Waals surface area contributed by atoms with Gasteiger partial charge in [0.25, 0.3) is 5.91 Å². The maximum absolute atomic E-state index is 12.7. The molecule has 0 aliphatic carbocycles. The van der Waals surface area contributed by atoms with Crippen molar-refractivity contribution >= 4 is 11.6 Å². The maximum Gasteiger partial charge on any atom is 0.255 e. The Morgan fingerprint density at radius 3 is 2.58 bits per heavy atom. The van der Waals surface area contributed by atoms with Crippen LogP contribution >= 0.6 is 0 Å². The number of rotatable bonds is 7. The van der Waals surface area contributed by atoms with Crippen molar-refractivity contribution in [3.8, 4) is 23.4 Å². The van der Waals surface area contributed by atoms with Crippen molar-refractivity contribution in [1.82, 2.24) is 14.5 Å². The Kier molecular flexibility index (Phi) is 6.32. The number of nitrogens with zero attached hydrogens (tertiary/aromatic N) is 4. The van der Waals surface area contributed by atoms with Crippen LogP contribution < -0.4 is 14.8 Å². The van der Waals surface area contributed by atoms with Crippen LogP contribution in [0.5, 0.6) is 17.4 Å². The van der Waals surface area contributed by atoms with E-state index in [1.165, 1.54) is 0 Å². The van der Waals surface area contributed by atoms with Crippen LogP contribution in [0.3, 0.4) is 0 Å². The molecular weight excluding hydrogens is 418 g/mol. The van der Waals surface area contributed by atoms with E-state index in [0.717, 1.165) is 11.4 Å². The van der Waals surface area contributed by atoms with Gasteiger partial charge in [-0.25, -0.2) is 9.97 Å². The molecule has 1 amide bonds. The number of hydrogen-bond acceptors (Lipinski definition) is 6. The number of carbonyl (C=O) groups is 1. The van der Waals surface area contributed by atoms with Crippen molar-refractivity contribution < 1.29 is 14.3 Å². The first kappa shape index (κ1) is 21.6. The molecule has 2 aromatic heterocycles. The van der Waals surface area contributed by atoms with Crippen LogP contribution in [0.2, 0.25) is 0 Å². The maximum atomic E-state index is 12.7. The van der Waals surface area contributed by atoms with Crippen LogP contribution in [0.25, 0.3) is 0 Å². The summed E-state index contributed by atoms with van der Waals surface area (Å²) >= 11 is 0. The third kappa shape index (κ3) is 5.17. The van der Waals surface area contributed by atoms with Crippen LogP contribution in [0.4, 0.5) is 5.69 Å². The normalized spacial score (nSPS) is 10.3. The molecule has 0 unspecified atom stereocenters. The quantitative estimate of drug-likeness (QED) is 0.451. The fourth-order valence-electron chi connectivity index (χ4n) is 3.09. The highest BCUT2D eigenvalue weighted by Gasteiger charge is 2.11. The second kappa shape index (κ2) is 9.66. The number of benzene rings is 2. The highest BCUT2D eigenvalue weighted by molar-refractivity contribution is 6.04. The molecule has 0 saturated heterocycles. The number of imidazole rings is 1. The van der Waals surface area contributed by atoms with Gasteiger partial charge in [0.15, 0.2) is 0 Å². The largest absolute Gasteiger partial charge is 0.486 e. The molecule has 0 fully saturated rings. The summed E-state index contributed by atoms with van der Waals surface area (Å²) in [5.74, 6) is 1.99. The predicted octanol–water partition coefficient (Wildman–Crippen LogP) is 4.62. The van der Waals surface area contributed by atoms with E-state index in [-0.39, 0.29) is 11.8 Å². The topological polar surface area (TPSA) is 102 Å². The minimum Gasteiger partial charge on any atom is -0.486 e. The van der Waals surface area contributed by atoms with E-state index < -0.39 is 0 Å². The number of carbonyl (C=O) groups excluding carboxylic acids is 1. The van der Waals surface area contributed by atoms with Gasteiger partial charge < -0.3 is 19.4 Å². The van der Waals surface area contributed by atoms with E-state index in [2.05, 4.69) is 15.3 Å². The Bertz CT molecular complexity index is 1320. The molecule has 4 aromatic rings. The second-order valence-electron chi connectivity index (χ2n) is 7.27. The van der Waals surface area contributed by atoms with Gasteiger partial charge in [0.1, 0.15) is 35.6 Å². The average molecular weight is 439 g/mol. The summed E-state index contributed by atoms with van der Waals surface area (Å²) < 4.78 is 13.3. The lowest BCUT2D eigenvalue weighted by Gasteiger charge is -2.12. The molecule has 8 heteroatoms. The number of nitriles is 1. The van der Waals surface area contributed by atoms with Crippen LogP contribution in [0.15, 0.2) is 73.2 Å². The number of aryl methyl sites for hydroxylation is 2. The lowest BCUT2D eigenvalue weighted by atomic mass is 10.1. The summed E-state index contributed by atoms with van der Waals surface area (Å²) in [6.07, 6.45) is 5.14. The summed E-state index contributed by atoms with van der Waals surface area (Å²) in [6.45, 7) is 2.21. The van der Waals surface area contributed by atoms with E-state index in [0.29, 0.717) is 34.9 Å². The Balaban J connectivity index is 1.38. The molecule has 164 valence electrons. The third-order valence-electron chi connectivity index (χ3n) is 4.96. The fourth-order valence-corrected chi connectivity index (χ4v) is 3.09. The standard InChI is InChI=1S/C25H21N5O3/c1-17-14-21(33-25-19(15-26)4-3-11-28-25)9-10-22(17)29-24(31)18-5-7-20(8-6-18)32-16-23-27-12-13-30(23)2/h3-14H,16H2,1-2H3,(H,29,31). The van der Waals surface area contributed by atoms with Crippen molar-refractivity contribution in [2.75, 3.05) is 5.32 Å². The minimum atomic E-state index is -0.237. The minimum absolute atomic E-state index is 0.237. The van der Waals surface area contributed by atoms with Gasteiger partial charge in [-0.2, -0.15) is 5.26 Å². The summed E-state index contributed by atoms with van der Waals surface area (Å²) in [6, 6.07) is 17.5. The lowest BCUT2D eigenvalue weighted by Crippen LogP contribution is -2.12. The van der Waals surface area contributed by atoms with E-state index in [1.54, 1.807) is 67.0 Å². The Morgan fingerprint density at radius 1 is 1.09 bits per heavy atom. The van der Waals surface area contributed by atoms with Gasteiger partial charge in [-0.1, -0.05) is 0 Å². The van der Waals surface area contributed by atoms with Gasteiger partial charge in [-0.3, -0.25) is 4.79 Å². The molecule has 2 heterocycles. The van der Waals surface area contributed by atoms with Crippen LogP contribution in [0, 0.1) is 18.3 Å². The monoisotopic (exact) mass is 439 g/mol. The van der Waals surface area contributed by atoms with Crippen LogP contribution in [-0.4, -0.2) is 20.4 Å². The molecule has 0 aliphatic heterocycles. The number of ether oxygens (including phenoxy) is 2. The number of nitrogens with one attached hydrogen (secondary N) is 1. The van der Waals surface area contributed by atoms with Gasteiger partial charge in [0, 0.05) is 36.9 Å². The van der Waals surface area contributed by atoms with Gasteiger partial charge in [-0.05, 0) is 67.1 Å². The molecule has 0 aliphatic rings. The fraction of sp³-hybridized carbons (Fsp3) is 0.120. The number of hydrogen-bond donors (Lipinski definition) is 1. The Labute approximate surface area is 191 Å². The summed E-state index contributed by atoms with van der Waals surface area (Å²) in [5, 5.41) is 12.1. The zero-order valence-corrected chi connectivity index (χ0v) is 18.1. The molecule has 0 radical (unpaired) electrons. The van der Waals surface area contributed by atoms with Gasteiger partial charge in [0.05, 0.1) is 0 Å². The molecule has 4 rings (SSSR count). The first-order valence-corrected chi connectivity index (χ1v) is 10.2. The molecule has 0 spiro atoms. The van der Waals surface area contributed by atoms with Gasteiger partial charge in [0.2, 0.25) is 5.88 Å². The smallest absolute Gasteiger partial charge is 0.255 e. The predicted molar refractivity (Wildman–Crippen MR) is 122 cm³/mol. The van der Waals surface area contributed by atoms with Gasteiger partial charge >= 0.3 is 0 Å². The highest BCUT2D eigenvalue weighted by Crippen LogP contribution is 2.27. The van der Waals surface area contributed by atoms with Crippen molar-refractivity contribution in [3.63, 3.8) is 0 Å². The number of pyridine rings is 1. The van der Waals surface area contributed by atoms with E-state index in [1.807, 2.05) is 30.8 Å². The number of aromatic nitrogens is 3. The van der Waals surface area contributed by atoms with Crippen molar-refractivity contribution in [2.24, 2.45) is 7.05 Å².